The third-order valence-electron chi connectivity index (χ3n) is 3.21. The zero-order chi connectivity index (χ0) is 15.7. The number of nitrogens with one attached hydrogen (secondary N) is 1. The molecule has 0 aliphatic heterocycles. The van der Waals surface area contributed by atoms with Crippen LogP contribution >= 0.6 is 12.4 Å². The molecule has 0 aliphatic carbocycles. The molecule has 0 saturated heterocycles. The summed E-state index contributed by atoms with van der Waals surface area (Å²) in [7, 11) is 1.71. The van der Waals surface area contributed by atoms with Gasteiger partial charge in [-0.1, -0.05) is 19.4 Å². The Morgan fingerprint density at radius 2 is 2.14 bits per heavy atom. The van der Waals surface area contributed by atoms with Crippen molar-refractivity contribution in [1.29, 1.82) is 0 Å². The van der Waals surface area contributed by atoms with Crippen LogP contribution in [0.3, 0.4) is 0 Å². The number of pyridine rings is 1. The molecule has 0 aromatic carbocycles. The van der Waals surface area contributed by atoms with Crippen LogP contribution in [0.2, 0.25) is 0 Å². The van der Waals surface area contributed by atoms with Gasteiger partial charge < -0.3 is 16.0 Å². The number of hydrogen-bond donors (Lipinski definition) is 2. The average molecular weight is 329 g/mol. The molecule has 124 valence electrons. The Morgan fingerprint density at radius 1 is 1.41 bits per heavy atom. The summed E-state index contributed by atoms with van der Waals surface area (Å²) < 4.78 is 0. The summed E-state index contributed by atoms with van der Waals surface area (Å²) in [6, 6.07) is 5.15. The third-order valence-corrected chi connectivity index (χ3v) is 3.21. The van der Waals surface area contributed by atoms with E-state index >= 15 is 0 Å². The van der Waals surface area contributed by atoms with Gasteiger partial charge in [-0.3, -0.25) is 14.6 Å². The molecule has 0 radical (unpaired) electrons. The van der Waals surface area contributed by atoms with Crippen molar-refractivity contribution in [2.24, 2.45) is 5.73 Å². The lowest BCUT2D eigenvalue weighted by atomic mass is 10.2. The van der Waals surface area contributed by atoms with Gasteiger partial charge in [0, 0.05) is 31.9 Å². The van der Waals surface area contributed by atoms with Crippen LogP contribution in [0.5, 0.6) is 0 Å². The second-order valence-corrected chi connectivity index (χ2v) is 5.00. The number of halogens is 1. The molecule has 0 fully saturated rings. The summed E-state index contributed by atoms with van der Waals surface area (Å²) >= 11 is 0. The number of carbonyl (C=O) groups excluding carboxylic acids is 2. The minimum atomic E-state index is -0.540. The highest BCUT2D eigenvalue weighted by Gasteiger charge is 2.15. The topological polar surface area (TPSA) is 88.3 Å². The minimum absolute atomic E-state index is 0. The maximum atomic E-state index is 11.9. The Hall–Kier alpha value is -1.66. The maximum absolute atomic E-state index is 11.9. The van der Waals surface area contributed by atoms with Crippen molar-refractivity contribution < 1.29 is 9.59 Å². The van der Waals surface area contributed by atoms with E-state index in [1.807, 2.05) is 25.1 Å². The molecule has 0 aliphatic rings. The number of likely N-dealkylation sites (N-methyl/N-ethyl adjacent to an activating group) is 1. The van der Waals surface area contributed by atoms with E-state index in [0.29, 0.717) is 19.4 Å². The van der Waals surface area contributed by atoms with Crippen LogP contribution in [0.4, 0.5) is 0 Å². The lowest BCUT2D eigenvalue weighted by molar-refractivity contribution is -0.132. The second-order valence-electron chi connectivity index (χ2n) is 5.00. The Morgan fingerprint density at radius 3 is 2.73 bits per heavy atom. The van der Waals surface area contributed by atoms with Crippen LogP contribution in [-0.2, 0) is 16.0 Å². The summed E-state index contributed by atoms with van der Waals surface area (Å²) in [6.45, 7) is 2.51. The summed E-state index contributed by atoms with van der Waals surface area (Å²) in [5.74, 6) is -0.411. The van der Waals surface area contributed by atoms with E-state index in [4.69, 9.17) is 5.73 Å². The van der Waals surface area contributed by atoms with Gasteiger partial charge in [0.2, 0.25) is 11.8 Å². The maximum Gasteiger partial charge on any atom is 0.241 e. The van der Waals surface area contributed by atoms with Crippen molar-refractivity contribution in [3.05, 3.63) is 30.1 Å². The first-order valence-corrected chi connectivity index (χ1v) is 7.21. The van der Waals surface area contributed by atoms with Gasteiger partial charge in [-0.05, 0) is 18.6 Å². The van der Waals surface area contributed by atoms with Gasteiger partial charge in [0.25, 0.3) is 0 Å². The van der Waals surface area contributed by atoms with E-state index in [1.54, 1.807) is 18.1 Å². The largest absolute Gasteiger partial charge is 0.346 e. The molecule has 3 N–H and O–H groups in total. The van der Waals surface area contributed by atoms with E-state index in [-0.39, 0.29) is 30.8 Å². The normalized spacial score (nSPS) is 11.2. The highest BCUT2D eigenvalue weighted by Crippen LogP contribution is 1.97. The minimum Gasteiger partial charge on any atom is -0.346 e. The molecule has 6 nitrogen and oxygen atoms in total. The van der Waals surface area contributed by atoms with Crippen molar-refractivity contribution in [3.8, 4) is 0 Å². The number of nitrogens with two attached hydrogens (primary N) is 1. The molecule has 1 heterocycles. The van der Waals surface area contributed by atoms with E-state index in [9.17, 15) is 9.59 Å². The van der Waals surface area contributed by atoms with Crippen LogP contribution in [0, 0.1) is 0 Å². The number of aromatic nitrogens is 1. The Bertz CT molecular complexity index is 456. The monoisotopic (exact) mass is 328 g/mol. The predicted molar refractivity (Wildman–Crippen MR) is 88.7 cm³/mol. The van der Waals surface area contributed by atoms with Gasteiger partial charge in [0.05, 0.1) is 12.6 Å². The molecule has 7 heteroatoms. The zero-order valence-corrected chi connectivity index (χ0v) is 13.9. The van der Waals surface area contributed by atoms with E-state index < -0.39 is 6.04 Å². The fourth-order valence-corrected chi connectivity index (χ4v) is 1.82. The van der Waals surface area contributed by atoms with Gasteiger partial charge in [-0.2, -0.15) is 0 Å². The van der Waals surface area contributed by atoms with Crippen molar-refractivity contribution in [2.75, 3.05) is 20.1 Å². The number of amides is 2. The molecule has 1 aromatic rings. The van der Waals surface area contributed by atoms with E-state index in [1.165, 1.54) is 0 Å². The second kappa shape index (κ2) is 11.0. The molecule has 2 amide bonds. The molecular weight excluding hydrogens is 304 g/mol. The highest BCUT2D eigenvalue weighted by molar-refractivity contribution is 5.87. The number of hydrogen-bond acceptors (Lipinski definition) is 4. The number of carbonyl (C=O) groups is 2. The average Bonchev–Trinajstić information content (AvgIpc) is 2.51. The fourth-order valence-electron chi connectivity index (χ4n) is 1.82. The van der Waals surface area contributed by atoms with Gasteiger partial charge >= 0.3 is 0 Å². The fraction of sp³-hybridized carbons (Fsp3) is 0.533. The van der Waals surface area contributed by atoms with Crippen LogP contribution < -0.4 is 11.1 Å². The van der Waals surface area contributed by atoms with Gasteiger partial charge in [0.15, 0.2) is 0 Å². The SMILES string of the molecule is CCCC(N)C(=O)NCC(=O)N(C)CCc1ccccn1.Cl. The Balaban J connectivity index is 0.00000441. The van der Waals surface area contributed by atoms with Crippen LogP contribution in [-0.4, -0.2) is 47.9 Å². The summed E-state index contributed by atoms with van der Waals surface area (Å²) in [5.41, 5.74) is 6.62. The van der Waals surface area contributed by atoms with E-state index in [0.717, 1.165) is 12.1 Å². The summed E-state index contributed by atoms with van der Waals surface area (Å²) in [5, 5.41) is 2.58. The summed E-state index contributed by atoms with van der Waals surface area (Å²) in [4.78, 5) is 29.3. The van der Waals surface area contributed by atoms with Gasteiger partial charge in [0.1, 0.15) is 0 Å². The van der Waals surface area contributed by atoms with Crippen molar-refractivity contribution in [2.45, 2.75) is 32.2 Å². The summed E-state index contributed by atoms with van der Waals surface area (Å²) in [6.07, 6.45) is 3.88. The Kier molecular flexibility index (Phi) is 10.2. The predicted octanol–water partition coefficient (Wildman–Crippen LogP) is 0.748. The first-order valence-electron chi connectivity index (χ1n) is 7.21. The lowest BCUT2D eigenvalue weighted by Crippen LogP contribution is -2.45. The van der Waals surface area contributed by atoms with Crippen LogP contribution in [0.15, 0.2) is 24.4 Å². The van der Waals surface area contributed by atoms with Gasteiger partial charge in [-0.25, -0.2) is 0 Å². The van der Waals surface area contributed by atoms with Crippen molar-refractivity contribution in [3.63, 3.8) is 0 Å². The number of nitrogens with zero attached hydrogens (tertiary/aromatic N) is 2. The quantitative estimate of drug-likeness (QED) is 0.737. The molecule has 0 spiro atoms. The first-order chi connectivity index (χ1) is 10.0. The van der Waals surface area contributed by atoms with Gasteiger partial charge in [-0.15, -0.1) is 12.4 Å². The molecule has 1 atom stereocenters. The molecule has 0 saturated carbocycles. The van der Waals surface area contributed by atoms with E-state index in [2.05, 4.69) is 10.3 Å². The van der Waals surface area contributed by atoms with Crippen molar-refractivity contribution in [1.82, 2.24) is 15.2 Å². The standard InChI is InChI=1S/C15H24N4O2.ClH/c1-3-6-13(16)15(21)18-11-14(20)19(2)10-8-12-7-4-5-9-17-12;/h4-5,7,9,13H,3,6,8,10-11,16H2,1-2H3,(H,18,21);1H. The van der Waals surface area contributed by atoms with Crippen molar-refractivity contribution >= 4 is 24.2 Å². The Labute approximate surface area is 137 Å². The number of rotatable bonds is 8. The lowest BCUT2D eigenvalue weighted by Gasteiger charge is -2.18. The van der Waals surface area contributed by atoms with Crippen LogP contribution in [0.1, 0.15) is 25.5 Å². The zero-order valence-electron chi connectivity index (χ0n) is 13.1. The molecular formula is C15H25ClN4O2. The third kappa shape index (κ3) is 7.38. The molecule has 1 aromatic heterocycles. The molecule has 1 rings (SSSR count). The smallest absolute Gasteiger partial charge is 0.241 e. The molecule has 1 unspecified atom stereocenters. The van der Waals surface area contributed by atoms with Crippen LogP contribution in [0.25, 0.3) is 0 Å². The molecule has 0 bridgehead atoms. The highest BCUT2D eigenvalue weighted by atomic mass is 35.5. The molecule has 22 heavy (non-hydrogen) atoms. The first kappa shape index (κ1) is 20.3.